The number of aromatic nitrogens is 2. The van der Waals surface area contributed by atoms with Gasteiger partial charge in [-0.2, -0.15) is 0 Å². The topological polar surface area (TPSA) is 36.3 Å². The molecule has 3 aromatic carbocycles. The molecule has 0 fully saturated rings. The Kier molecular flexibility index (Phi) is 4.32. The second-order valence-electron chi connectivity index (χ2n) is 6.09. The van der Waals surface area contributed by atoms with Crippen LogP contribution in [-0.2, 0) is 6.54 Å². The number of imidazole rings is 1. The van der Waals surface area contributed by atoms with Gasteiger partial charge in [-0.1, -0.05) is 36.4 Å². The molecule has 4 rings (SSSR count). The molecule has 0 aliphatic carbocycles. The summed E-state index contributed by atoms with van der Waals surface area (Å²) in [6, 6.07) is 24.3. The van der Waals surface area contributed by atoms with Crippen LogP contribution >= 0.6 is 0 Å². The quantitative estimate of drug-likeness (QED) is 0.523. The molecule has 1 aromatic heterocycles. The molecule has 4 aromatic rings. The van der Waals surface area contributed by atoms with E-state index in [0.29, 0.717) is 6.54 Å². The van der Waals surface area contributed by atoms with E-state index >= 15 is 0 Å². The lowest BCUT2D eigenvalue weighted by Gasteiger charge is -2.11. The largest absolute Gasteiger partial charge is 0.497 e. The summed E-state index contributed by atoms with van der Waals surface area (Å²) in [5, 5.41) is 0. The van der Waals surface area contributed by atoms with Crippen molar-refractivity contribution in [3.05, 3.63) is 78.4 Å². The summed E-state index contributed by atoms with van der Waals surface area (Å²) in [6.45, 7) is 0.713. The van der Waals surface area contributed by atoms with Gasteiger partial charge in [-0.15, -0.1) is 0 Å². The number of ether oxygens (including phenoxy) is 2. The van der Waals surface area contributed by atoms with Crippen molar-refractivity contribution in [1.29, 1.82) is 0 Å². The van der Waals surface area contributed by atoms with Gasteiger partial charge in [0.25, 0.3) is 0 Å². The molecular weight excluding hydrogens is 324 g/mol. The Hall–Kier alpha value is -3.27. The highest BCUT2D eigenvalue weighted by Gasteiger charge is 2.13. The van der Waals surface area contributed by atoms with Gasteiger partial charge in [0.05, 0.1) is 25.3 Å². The maximum absolute atomic E-state index is 5.39. The molecule has 0 aliphatic rings. The van der Waals surface area contributed by atoms with Gasteiger partial charge >= 0.3 is 0 Å². The number of hydrogen-bond donors (Lipinski definition) is 0. The summed E-state index contributed by atoms with van der Waals surface area (Å²) in [7, 11) is 3.37. The third-order valence-electron chi connectivity index (χ3n) is 4.46. The smallest absolute Gasteiger partial charge is 0.141 e. The van der Waals surface area contributed by atoms with E-state index in [2.05, 4.69) is 28.8 Å². The van der Waals surface area contributed by atoms with Gasteiger partial charge in [0.2, 0.25) is 0 Å². The van der Waals surface area contributed by atoms with E-state index < -0.39 is 0 Å². The first-order valence-corrected chi connectivity index (χ1v) is 8.51. The van der Waals surface area contributed by atoms with Crippen LogP contribution in [0, 0.1) is 0 Å². The molecule has 0 N–H and O–H groups in total. The van der Waals surface area contributed by atoms with Crippen LogP contribution in [0.5, 0.6) is 11.5 Å². The minimum Gasteiger partial charge on any atom is -0.497 e. The van der Waals surface area contributed by atoms with Crippen LogP contribution in [0.15, 0.2) is 72.8 Å². The van der Waals surface area contributed by atoms with E-state index in [1.54, 1.807) is 14.2 Å². The van der Waals surface area contributed by atoms with Crippen molar-refractivity contribution in [1.82, 2.24) is 9.55 Å². The molecule has 0 amide bonds. The third-order valence-corrected chi connectivity index (χ3v) is 4.46. The highest BCUT2D eigenvalue weighted by atomic mass is 16.5. The van der Waals surface area contributed by atoms with Crippen LogP contribution in [-0.4, -0.2) is 23.8 Å². The molecule has 4 nitrogen and oxygen atoms in total. The third kappa shape index (κ3) is 3.02. The normalized spacial score (nSPS) is 10.8. The van der Waals surface area contributed by atoms with Crippen molar-refractivity contribution in [3.8, 4) is 22.9 Å². The Bertz CT molecular complexity index is 1050. The van der Waals surface area contributed by atoms with E-state index in [-0.39, 0.29) is 0 Å². The average molecular weight is 344 g/mol. The van der Waals surface area contributed by atoms with Gasteiger partial charge in [-0.05, 0) is 42.0 Å². The van der Waals surface area contributed by atoms with E-state index in [1.807, 2.05) is 48.5 Å². The summed E-state index contributed by atoms with van der Waals surface area (Å²) < 4.78 is 13.0. The number of hydrogen-bond acceptors (Lipinski definition) is 3. The summed E-state index contributed by atoms with van der Waals surface area (Å²) in [5.41, 5.74) is 4.28. The standard InChI is InChI=1S/C22H20N2O2/c1-25-18-9-5-7-16(13-18)15-24-21-12-4-3-11-20(21)23-22(24)17-8-6-10-19(14-17)26-2/h3-14H,15H2,1-2H3. The molecule has 0 radical (unpaired) electrons. The van der Waals surface area contributed by atoms with Crippen molar-refractivity contribution >= 4 is 11.0 Å². The van der Waals surface area contributed by atoms with E-state index in [1.165, 1.54) is 0 Å². The Balaban J connectivity index is 1.86. The Morgan fingerprint density at radius 1 is 0.808 bits per heavy atom. The number of methoxy groups -OCH3 is 2. The molecule has 0 atom stereocenters. The summed E-state index contributed by atoms with van der Waals surface area (Å²) in [6.07, 6.45) is 0. The molecule has 0 saturated carbocycles. The number of rotatable bonds is 5. The first kappa shape index (κ1) is 16.2. The van der Waals surface area contributed by atoms with Crippen LogP contribution in [0.3, 0.4) is 0 Å². The molecule has 0 aliphatic heterocycles. The molecule has 0 bridgehead atoms. The molecule has 0 spiro atoms. The first-order chi connectivity index (χ1) is 12.8. The number of benzene rings is 3. The van der Waals surface area contributed by atoms with Crippen molar-refractivity contribution in [2.24, 2.45) is 0 Å². The molecule has 130 valence electrons. The second kappa shape index (κ2) is 6.92. The fraction of sp³-hybridized carbons (Fsp3) is 0.136. The monoisotopic (exact) mass is 344 g/mol. The highest BCUT2D eigenvalue weighted by molar-refractivity contribution is 5.81. The predicted octanol–water partition coefficient (Wildman–Crippen LogP) is 4.77. The zero-order valence-corrected chi connectivity index (χ0v) is 14.8. The van der Waals surface area contributed by atoms with Crippen molar-refractivity contribution in [2.75, 3.05) is 14.2 Å². The number of fused-ring (bicyclic) bond motifs is 1. The Morgan fingerprint density at radius 2 is 1.54 bits per heavy atom. The fourth-order valence-electron chi connectivity index (χ4n) is 3.17. The average Bonchev–Trinajstić information content (AvgIpc) is 3.07. The van der Waals surface area contributed by atoms with E-state index in [9.17, 15) is 0 Å². The minimum atomic E-state index is 0.713. The van der Waals surface area contributed by atoms with Gasteiger partial charge in [0.1, 0.15) is 17.3 Å². The minimum absolute atomic E-state index is 0.713. The lowest BCUT2D eigenvalue weighted by Crippen LogP contribution is -2.02. The zero-order chi connectivity index (χ0) is 17.9. The predicted molar refractivity (Wildman–Crippen MR) is 104 cm³/mol. The van der Waals surface area contributed by atoms with Gasteiger partial charge in [-0.25, -0.2) is 4.98 Å². The summed E-state index contributed by atoms with van der Waals surface area (Å²) >= 11 is 0. The Morgan fingerprint density at radius 3 is 2.35 bits per heavy atom. The SMILES string of the molecule is COc1cccc(Cn2c(-c3cccc(OC)c3)nc3ccccc32)c1. The number of nitrogens with zero attached hydrogens (tertiary/aromatic N) is 2. The van der Waals surface area contributed by atoms with Crippen molar-refractivity contribution in [2.45, 2.75) is 6.54 Å². The van der Waals surface area contributed by atoms with Crippen LogP contribution in [0.2, 0.25) is 0 Å². The number of para-hydroxylation sites is 2. The molecular formula is C22H20N2O2. The lowest BCUT2D eigenvalue weighted by atomic mass is 10.1. The fourth-order valence-corrected chi connectivity index (χ4v) is 3.17. The van der Waals surface area contributed by atoms with Gasteiger partial charge in [-0.3, -0.25) is 0 Å². The van der Waals surface area contributed by atoms with Crippen LogP contribution in [0.1, 0.15) is 5.56 Å². The molecule has 26 heavy (non-hydrogen) atoms. The van der Waals surface area contributed by atoms with Crippen molar-refractivity contribution in [3.63, 3.8) is 0 Å². The Labute approximate surface area is 152 Å². The molecule has 0 unspecified atom stereocenters. The maximum atomic E-state index is 5.39. The van der Waals surface area contributed by atoms with E-state index in [0.717, 1.165) is 39.5 Å². The highest BCUT2D eigenvalue weighted by Crippen LogP contribution is 2.28. The zero-order valence-electron chi connectivity index (χ0n) is 14.8. The summed E-state index contributed by atoms with van der Waals surface area (Å²) in [4.78, 5) is 4.87. The second-order valence-corrected chi connectivity index (χ2v) is 6.09. The van der Waals surface area contributed by atoms with Crippen molar-refractivity contribution < 1.29 is 9.47 Å². The van der Waals surface area contributed by atoms with Crippen LogP contribution < -0.4 is 9.47 Å². The summed E-state index contributed by atoms with van der Waals surface area (Å²) in [5.74, 6) is 2.60. The van der Waals surface area contributed by atoms with Crippen LogP contribution in [0.4, 0.5) is 0 Å². The first-order valence-electron chi connectivity index (χ1n) is 8.51. The van der Waals surface area contributed by atoms with Gasteiger partial charge in [0.15, 0.2) is 0 Å². The van der Waals surface area contributed by atoms with Gasteiger partial charge < -0.3 is 14.0 Å². The molecule has 4 heteroatoms. The van der Waals surface area contributed by atoms with Gasteiger partial charge in [0, 0.05) is 12.1 Å². The van der Waals surface area contributed by atoms with Crippen LogP contribution in [0.25, 0.3) is 22.4 Å². The molecule has 1 heterocycles. The van der Waals surface area contributed by atoms with E-state index in [4.69, 9.17) is 14.5 Å². The lowest BCUT2D eigenvalue weighted by molar-refractivity contribution is 0.414. The maximum Gasteiger partial charge on any atom is 0.141 e. The molecule has 0 saturated heterocycles.